The van der Waals surface area contributed by atoms with E-state index in [2.05, 4.69) is 40.6 Å². The summed E-state index contributed by atoms with van der Waals surface area (Å²) in [4.78, 5) is 33.9. The Morgan fingerprint density at radius 3 is 1.73 bits per heavy atom. The third kappa shape index (κ3) is 11.7. The molecule has 0 spiro atoms. The van der Waals surface area contributed by atoms with Gasteiger partial charge in [-0.2, -0.15) is 0 Å². The molecule has 45 heavy (non-hydrogen) atoms. The SMILES string of the molecule is CCCCCCCC/N=C1C=N/C(=C2\C(=O)C(c3ncc(N(CCCCCCCC)CCCCCCCC)cn3)=C2O)C=C/1C. The van der Waals surface area contributed by atoms with Crippen LogP contribution in [0.2, 0.25) is 0 Å². The topological polar surface area (TPSA) is 91.0 Å². The van der Waals surface area contributed by atoms with E-state index in [4.69, 9.17) is 4.99 Å². The number of aliphatic hydroxyl groups is 1. The summed E-state index contributed by atoms with van der Waals surface area (Å²) in [5.41, 5.74) is 3.65. The Balaban J connectivity index is 1.62. The second-order valence-corrected chi connectivity index (χ2v) is 12.7. The van der Waals surface area contributed by atoms with E-state index in [1.54, 1.807) is 6.21 Å². The number of Topliss-reactive ketones (excluding diaryl/α,β-unsaturated/α-hetero) is 1. The van der Waals surface area contributed by atoms with E-state index in [0.717, 1.165) is 55.9 Å². The van der Waals surface area contributed by atoms with Crippen LogP contribution < -0.4 is 4.90 Å². The van der Waals surface area contributed by atoms with Crippen molar-refractivity contribution in [3.05, 3.63) is 46.9 Å². The van der Waals surface area contributed by atoms with Gasteiger partial charge in [-0.05, 0) is 37.8 Å². The molecule has 248 valence electrons. The summed E-state index contributed by atoms with van der Waals surface area (Å²) < 4.78 is 0. The molecular weight excluding hydrogens is 558 g/mol. The van der Waals surface area contributed by atoms with Gasteiger partial charge in [-0.1, -0.05) is 117 Å². The Kier molecular flexibility index (Phi) is 16.9. The van der Waals surface area contributed by atoms with Gasteiger partial charge in [-0.25, -0.2) is 9.97 Å². The van der Waals surface area contributed by atoms with Gasteiger partial charge in [0.25, 0.3) is 0 Å². The Morgan fingerprint density at radius 2 is 1.22 bits per heavy atom. The number of carbonyl (C=O) groups excluding carboxylic acids is 1. The van der Waals surface area contributed by atoms with Gasteiger partial charge in [0.15, 0.2) is 5.82 Å². The summed E-state index contributed by atoms with van der Waals surface area (Å²) in [6, 6.07) is 0. The zero-order valence-electron chi connectivity index (χ0n) is 28.8. The molecule has 0 saturated carbocycles. The van der Waals surface area contributed by atoms with Crippen molar-refractivity contribution < 1.29 is 9.90 Å². The molecule has 0 unspecified atom stereocenters. The largest absolute Gasteiger partial charge is 0.506 e. The van der Waals surface area contributed by atoms with Gasteiger partial charge in [-0.15, -0.1) is 0 Å². The van der Waals surface area contributed by atoms with Crippen LogP contribution in [0.4, 0.5) is 5.69 Å². The first-order chi connectivity index (χ1) is 22.0. The highest BCUT2D eigenvalue weighted by atomic mass is 16.3. The van der Waals surface area contributed by atoms with Crippen molar-refractivity contribution in [2.45, 2.75) is 143 Å². The average Bonchev–Trinajstić information content (AvgIpc) is 3.04. The van der Waals surface area contributed by atoms with Crippen molar-refractivity contribution in [3.63, 3.8) is 0 Å². The van der Waals surface area contributed by atoms with Crippen LogP contribution in [0.5, 0.6) is 0 Å². The summed E-state index contributed by atoms with van der Waals surface area (Å²) in [5.74, 6) is -0.0706. The average molecular weight is 618 g/mol. The molecule has 0 saturated heterocycles. The summed E-state index contributed by atoms with van der Waals surface area (Å²) in [6.45, 7) is 11.5. The second-order valence-electron chi connectivity index (χ2n) is 12.7. The van der Waals surface area contributed by atoms with Crippen LogP contribution in [0.25, 0.3) is 5.57 Å². The lowest BCUT2D eigenvalue weighted by Crippen LogP contribution is -2.27. The van der Waals surface area contributed by atoms with Crippen molar-refractivity contribution in [3.8, 4) is 0 Å². The molecule has 1 aliphatic heterocycles. The fourth-order valence-electron chi connectivity index (χ4n) is 5.94. The number of rotatable bonds is 23. The van der Waals surface area contributed by atoms with E-state index in [0.29, 0.717) is 5.70 Å². The van der Waals surface area contributed by atoms with Crippen molar-refractivity contribution >= 4 is 29.0 Å². The molecule has 1 aromatic rings. The minimum Gasteiger partial charge on any atom is -0.506 e. The standard InChI is InChI=1S/C38H59N5O2/c1-5-8-11-14-17-20-23-39-33-29-40-32(26-30(33)4)34-36(44)35(37(34)45)38-41-27-31(28-42-38)43(24-21-18-15-12-9-6-2)25-22-19-16-13-10-7-3/h26-29,44H,5-25H2,1-4H3/b34-32-,39-33-. The highest BCUT2D eigenvalue weighted by Gasteiger charge is 2.39. The molecule has 2 aliphatic rings. The third-order valence-electron chi connectivity index (χ3n) is 8.85. The molecule has 0 aromatic carbocycles. The van der Waals surface area contributed by atoms with Crippen LogP contribution in [0.15, 0.2) is 51.1 Å². The zero-order valence-corrected chi connectivity index (χ0v) is 28.8. The fourth-order valence-corrected chi connectivity index (χ4v) is 5.94. The molecule has 3 rings (SSSR count). The number of unbranched alkanes of at least 4 members (excludes halogenated alkanes) is 15. The molecule has 0 bridgehead atoms. The highest BCUT2D eigenvalue weighted by molar-refractivity contribution is 6.41. The number of hydrogen-bond acceptors (Lipinski definition) is 7. The number of allylic oxidation sites excluding steroid dienone is 4. The number of aliphatic imine (C=N–C) groups is 2. The zero-order chi connectivity index (χ0) is 32.3. The molecule has 0 atom stereocenters. The molecule has 7 nitrogen and oxygen atoms in total. The maximum absolute atomic E-state index is 13.2. The first kappa shape index (κ1) is 36.4. The summed E-state index contributed by atoms with van der Waals surface area (Å²) in [7, 11) is 0. The lowest BCUT2D eigenvalue weighted by Gasteiger charge is -2.25. The number of nitrogens with zero attached hydrogens (tertiary/aromatic N) is 5. The van der Waals surface area contributed by atoms with Crippen LogP contribution in [-0.2, 0) is 4.79 Å². The predicted molar refractivity (Wildman–Crippen MR) is 191 cm³/mol. The Bertz CT molecular complexity index is 1190. The maximum atomic E-state index is 13.2. The van der Waals surface area contributed by atoms with Gasteiger partial charge in [-0.3, -0.25) is 14.8 Å². The van der Waals surface area contributed by atoms with Crippen LogP contribution in [0.1, 0.15) is 149 Å². The Morgan fingerprint density at radius 1 is 0.711 bits per heavy atom. The van der Waals surface area contributed by atoms with E-state index in [1.165, 1.54) is 96.3 Å². The van der Waals surface area contributed by atoms with Gasteiger partial charge in [0.2, 0.25) is 5.78 Å². The fraction of sp³-hybridized carbons (Fsp3) is 0.658. The van der Waals surface area contributed by atoms with E-state index < -0.39 is 0 Å². The molecule has 2 heterocycles. The Labute approximate surface area is 273 Å². The van der Waals surface area contributed by atoms with Crippen molar-refractivity contribution in [1.82, 2.24) is 9.97 Å². The molecule has 1 aliphatic carbocycles. The van der Waals surface area contributed by atoms with Crippen molar-refractivity contribution in [2.75, 3.05) is 24.5 Å². The predicted octanol–water partition coefficient (Wildman–Crippen LogP) is 9.94. The lowest BCUT2D eigenvalue weighted by atomic mass is 9.85. The van der Waals surface area contributed by atoms with E-state index in [-0.39, 0.29) is 28.5 Å². The number of anilines is 1. The van der Waals surface area contributed by atoms with Crippen LogP contribution in [0, 0.1) is 0 Å². The van der Waals surface area contributed by atoms with Gasteiger partial charge in [0, 0.05) is 19.6 Å². The van der Waals surface area contributed by atoms with Crippen LogP contribution >= 0.6 is 0 Å². The molecule has 0 amide bonds. The monoisotopic (exact) mass is 617 g/mol. The van der Waals surface area contributed by atoms with Crippen molar-refractivity contribution in [1.29, 1.82) is 0 Å². The molecule has 1 aromatic heterocycles. The summed E-state index contributed by atoms with van der Waals surface area (Å²) in [6.07, 6.45) is 29.7. The smallest absolute Gasteiger partial charge is 0.206 e. The normalized spacial score (nSPS) is 17.3. The van der Waals surface area contributed by atoms with Crippen LogP contribution in [-0.4, -0.2) is 52.4 Å². The molecule has 0 fully saturated rings. The quantitative estimate of drug-likeness (QED) is 0.0975. The molecule has 1 N–H and O–H groups in total. The van der Waals surface area contributed by atoms with E-state index in [9.17, 15) is 9.90 Å². The number of aliphatic hydroxyl groups excluding tert-OH is 1. The van der Waals surface area contributed by atoms with E-state index in [1.807, 2.05) is 25.4 Å². The second kappa shape index (κ2) is 20.8. The van der Waals surface area contributed by atoms with Crippen LogP contribution in [0.3, 0.4) is 0 Å². The maximum Gasteiger partial charge on any atom is 0.206 e. The number of carbonyl (C=O) groups is 1. The van der Waals surface area contributed by atoms with E-state index >= 15 is 0 Å². The first-order valence-electron chi connectivity index (χ1n) is 18.1. The minimum atomic E-state index is -0.264. The minimum absolute atomic E-state index is 0.0765. The molecule has 0 radical (unpaired) electrons. The Hall–Kier alpha value is -3.09. The van der Waals surface area contributed by atoms with Crippen molar-refractivity contribution in [2.24, 2.45) is 9.98 Å². The molecular formula is C38H59N5O2. The van der Waals surface area contributed by atoms with Gasteiger partial charge >= 0.3 is 0 Å². The number of dihydropyridines is 1. The van der Waals surface area contributed by atoms with Gasteiger partial charge in [0.1, 0.15) is 11.3 Å². The first-order valence-corrected chi connectivity index (χ1v) is 18.1. The number of ketones is 1. The number of aromatic nitrogens is 2. The van der Waals surface area contributed by atoms with Gasteiger partial charge in [0.05, 0.1) is 41.3 Å². The molecule has 7 heteroatoms. The highest BCUT2D eigenvalue weighted by Crippen LogP contribution is 2.38. The summed E-state index contributed by atoms with van der Waals surface area (Å²) in [5, 5.41) is 10.9. The number of hydrogen-bond donors (Lipinski definition) is 1. The van der Waals surface area contributed by atoms with Gasteiger partial charge < -0.3 is 10.0 Å². The lowest BCUT2D eigenvalue weighted by molar-refractivity contribution is -0.111. The summed E-state index contributed by atoms with van der Waals surface area (Å²) >= 11 is 0. The third-order valence-corrected chi connectivity index (χ3v) is 8.85.